The molecule has 0 aliphatic heterocycles. The average Bonchev–Trinajstić information content (AvgIpc) is 2.99. The Morgan fingerprint density at radius 1 is 1.24 bits per heavy atom. The first-order valence-corrected chi connectivity index (χ1v) is 6.45. The van der Waals surface area contributed by atoms with Crippen LogP contribution in [0.2, 0.25) is 5.02 Å². The summed E-state index contributed by atoms with van der Waals surface area (Å²) in [6.07, 6.45) is 4.14. The number of halogens is 1. The first kappa shape index (κ1) is 14.9. The minimum absolute atomic E-state index is 0.371. The Balaban J connectivity index is 1.75. The lowest BCUT2D eigenvalue weighted by molar-refractivity contribution is -0.142. The highest BCUT2D eigenvalue weighted by Crippen LogP contribution is 2.13. The number of nitrogens with one attached hydrogen (secondary N) is 1. The van der Waals surface area contributed by atoms with E-state index in [1.165, 1.54) is 18.4 Å². The third-order valence-corrected chi connectivity index (χ3v) is 2.65. The molecule has 1 N–H and O–H groups in total. The van der Waals surface area contributed by atoms with Gasteiger partial charge in [0.15, 0.2) is 6.61 Å². The van der Waals surface area contributed by atoms with Gasteiger partial charge in [-0.3, -0.25) is 4.79 Å². The second kappa shape index (κ2) is 7.31. The van der Waals surface area contributed by atoms with Gasteiger partial charge in [-0.25, -0.2) is 4.79 Å². The summed E-state index contributed by atoms with van der Waals surface area (Å²) >= 11 is 5.73. The third-order valence-electron chi connectivity index (χ3n) is 2.40. The Labute approximate surface area is 126 Å². The molecule has 1 aromatic carbocycles. The maximum Gasteiger partial charge on any atom is 0.331 e. The van der Waals surface area contributed by atoms with Gasteiger partial charge in [0.2, 0.25) is 0 Å². The molecule has 1 amide bonds. The van der Waals surface area contributed by atoms with Gasteiger partial charge in [0.1, 0.15) is 5.76 Å². The standard InChI is InChI=1S/C15H12ClNO4/c16-11-3-5-12(6-4-11)17-14(18)10-21-15(19)8-7-13-2-1-9-20-13/h1-9H,10H2,(H,17,18)/b8-7+. The first-order valence-electron chi connectivity index (χ1n) is 6.07. The van der Waals surface area contributed by atoms with Crippen LogP contribution in [0, 0.1) is 0 Å². The van der Waals surface area contributed by atoms with Gasteiger partial charge in [0.25, 0.3) is 5.91 Å². The van der Waals surface area contributed by atoms with Crippen molar-refractivity contribution in [3.05, 3.63) is 59.5 Å². The van der Waals surface area contributed by atoms with Crippen molar-refractivity contribution in [1.82, 2.24) is 0 Å². The average molecular weight is 306 g/mol. The number of esters is 1. The molecule has 5 nitrogen and oxygen atoms in total. The summed E-state index contributed by atoms with van der Waals surface area (Å²) in [4.78, 5) is 23.0. The lowest BCUT2D eigenvalue weighted by Gasteiger charge is -2.05. The summed E-state index contributed by atoms with van der Waals surface area (Å²) in [6, 6.07) is 9.99. The van der Waals surface area contributed by atoms with E-state index in [-0.39, 0.29) is 6.61 Å². The Kier molecular flexibility index (Phi) is 5.17. The number of carbonyl (C=O) groups excluding carboxylic acids is 2. The van der Waals surface area contributed by atoms with E-state index in [9.17, 15) is 9.59 Å². The fraction of sp³-hybridized carbons (Fsp3) is 0.0667. The normalized spacial score (nSPS) is 10.5. The maximum atomic E-state index is 11.6. The topological polar surface area (TPSA) is 68.5 Å². The van der Waals surface area contributed by atoms with Crippen LogP contribution in [-0.4, -0.2) is 18.5 Å². The van der Waals surface area contributed by atoms with Crippen molar-refractivity contribution in [2.24, 2.45) is 0 Å². The molecule has 0 aliphatic carbocycles. The zero-order chi connectivity index (χ0) is 15.1. The Morgan fingerprint density at radius 3 is 2.67 bits per heavy atom. The third kappa shape index (κ3) is 5.16. The van der Waals surface area contributed by atoms with E-state index in [0.717, 1.165) is 0 Å². The number of carbonyl (C=O) groups is 2. The highest BCUT2D eigenvalue weighted by atomic mass is 35.5. The van der Waals surface area contributed by atoms with E-state index in [0.29, 0.717) is 16.5 Å². The molecule has 1 heterocycles. The number of hydrogen-bond donors (Lipinski definition) is 1. The zero-order valence-electron chi connectivity index (χ0n) is 10.9. The van der Waals surface area contributed by atoms with Crippen LogP contribution in [0.3, 0.4) is 0 Å². The highest BCUT2D eigenvalue weighted by molar-refractivity contribution is 6.30. The van der Waals surface area contributed by atoms with Gasteiger partial charge >= 0.3 is 5.97 Å². The molecule has 2 rings (SSSR count). The lowest BCUT2D eigenvalue weighted by atomic mass is 10.3. The summed E-state index contributed by atoms with van der Waals surface area (Å²) < 4.78 is 9.81. The van der Waals surface area contributed by atoms with E-state index in [4.69, 9.17) is 20.8 Å². The van der Waals surface area contributed by atoms with E-state index in [2.05, 4.69) is 5.32 Å². The molecule has 0 aliphatic rings. The Bertz CT molecular complexity index is 632. The number of furan rings is 1. The van der Waals surface area contributed by atoms with Crippen molar-refractivity contribution in [2.45, 2.75) is 0 Å². The van der Waals surface area contributed by atoms with Gasteiger partial charge in [-0.05, 0) is 42.5 Å². The summed E-state index contributed by atoms with van der Waals surface area (Å²) in [5, 5.41) is 3.15. The highest BCUT2D eigenvalue weighted by Gasteiger charge is 2.05. The number of ether oxygens (including phenoxy) is 1. The van der Waals surface area contributed by atoms with E-state index < -0.39 is 11.9 Å². The number of hydrogen-bond acceptors (Lipinski definition) is 4. The molecule has 0 saturated carbocycles. The monoisotopic (exact) mass is 305 g/mol. The van der Waals surface area contributed by atoms with Crippen molar-refractivity contribution in [3.8, 4) is 0 Å². The SMILES string of the molecule is O=C(COC(=O)/C=C/c1ccco1)Nc1ccc(Cl)cc1. The molecule has 0 bridgehead atoms. The second-order valence-electron chi connectivity index (χ2n) is 4.01. The van der Waals surface area contributed by atoms with Crippen molar-refractivity contribution in [3.63, 3.8) is 0 Å². The fourth-order valence-electron chi connectivity index (χ4n) is 1.45. The van der Waals surface area contributed by atoms with Crippen LogP contribution in [0.4, 0.5) is 5.69 Å². The van der Waals surface area contributed by atoms with Crippen LogP contribution in [0.25, 0.3) is 6.08 Å². The summed E-state index contributed by atoms with van der Waals surface area (Å²) in [7, 11) is 0. The fourth-order valence-corrected chi connectivity index (χ4v) is 1.58. The van der Waals surface area contributed by atoms with Crippen molar-refractivity contribution >= 4 is 35.2 Å². The molecule has 0 radical (unpaired) electrons. The zero-order valence-corrected chi connectivity index (χ0v) is 11.7. The van der Waals surface area contributed by atoms with Gasteiger partial charge in [0, 0.05) is 16.8 Å². The quantitative estimate of drug-likeness (QED) is 0.680. The number of anilines is 1. The van der Waals surface area contributed by atoms with Crippen LogP contribution >= 0.6 is 11.6 Å². The Morgan fingerprint density at radius 2 is 2.00 bits per heavy atom. The van der Waals surface area contributed by atoms with Gasteiger partial charge in [-0.2, -0.15) is 0 Å². The number of amides is 1. The predicted octanol–water partition coefficient (Wildman–Crippen LogP) is 3.13. The van der Waals surface area contributed by atoms with E-state index in [1.807, 2.05) is 0 Å². The molecular formula is C15H12ClNO4. The summed E-state index contributed by atoms with van der Waals surface area (Å²) in [5.41, 5.74) is 0.576. The largest absolute Gasteiger partial charge is 0.465 e. The van der Waals surface area contributed by atoms with Crippen LogP contribution in [0.1, 0.15) is 5.76 Å². The molecule has 0 fully saturated rings. The molecule has 108 valence electrons. The molecule has 0 unspecified atom stereocenters. The van der Waals surface area contributed by atoms with Crippen molar-refractivity contribution < 1.29 is 18.7 Å². The molecule has 2 aromatic rings. The molecule has 21 heavy (non-hydrogen) atoms. The molecule has 0 spiro atoms. The maximum absolute atomic E-state index is 11.6. The van der Waals surface area contributed by atoms with E-state index in [1.54, 1.807) is 36.4 Å². The first-order chi connectivity index (χ1) is 10.1. The van der Waals surface area contributed by atoms with Crippen molar-refractivity contribution in [2.75, 3.05) is 11.9 Å². The molecule has 0 saturated heterocycles. The number of rotatable bonds is 5. The van der Waals surface area contributed by atoms with Crippen molar-refractivity contribution in [1.29, 1.82) is 0 Å². The van der Waals surface area contributed by atoms with E-state index >= 15 is 0 Å². The second-order valence-corrected chi connectivity index (χ2v) is 4.45. The Hall–Kier alpha value is -2.53. The van der Waals surface area contributed by atoms with Gasteiger partial charge < -0.3 is 14.5 Å². The minimum atomic E-state index is -0.627. The summed E-state index contributed by atoms with van der Waals surface area (Å²) in [5.74, 6) is -0.535. The summed E-state index contributed by atoms with van der Waals surface area (Å²) in [6.45, 7) is -0.371. The minimum Gasteiger partial charge on any atom is -0.465 e. The van der Waals surface area contributed by atoms with Crippen LogP contribution in [0.5, 0.6) is 0 Å². The van der Waals surface area contributed by atoms with Gasteiger partial charge in [0.05, 0.1) is 6.26 Å². The van der Waals surface area contributed by atoms with Gasteiger partial charge in [-0.15, -0.1) is 0 Å². The lowest BCUT2D eigenvalue weighted by Crippen LogP contribution is -2.20. The number of benzene rings is 1. The molecule has 1 aromatic heterocycles. The predicted molar refractivity (Wildman–Crippen MR) is 78.8 cm³/mol. The van der Waals surface area contributed by atoms with Crippen LogP contribution in [-0.2, 0) is 14.3 Å². The smallest absolute Gasteiger partial charge is 0.331 e. The molecule has 6 heteroatoms. The molecular weight excluding hydrogens is 294 g/mol. The molecule has 0 atom stereocenters. The van der Waals surface area contributed by atoms with Crippen LogP contribution in [0.15, 0.2) is 53.2 Å². The van der Waals surface area contributed by atoms with Gasteiger partial charge in [-0.1, -0.05) is 11.6 Å². The van der Waals surface area contributed by atoms with Crippen LogP contribution < -0.4 is 5.32 Å².